The van der Waals surface area contributed by atoms with E-state index in [1.807, 2.05) is 54.4 Å². The van der Waals surface area contributed by atoms with Crippen molar-refractivity contribution in [2.75, 3.05) is 0 Å². The molecule has 2 heterocycles. The molecule has 0 N–H and O–H groups in total. The Labute approximate surface area is 217 Å². The number of benzene rings is 2. The zero-order valence-electron chi connectivity index (χ0n) is 20.6. The first-order chi connectivity index (χ1) is 17.8. The van der Waals surface area contributed by atoms with E-state index in [0.29, 0.717) is 11.9 Å². The first-order valence-electron chi connectivity index (χ1n) is 12.5. The van der Waals surface area contributed by atoms with Crippen LogP contribution in [0.15, 0.2) is 78.2 Å². The Morgan fingerprint density at radius 2 is 1.89 bits per heavy atom. The summed E-state index contributed by atoms with van der Waals surface area (Å²) in [5.41, 5.74) is 4.41. The van der Waals surface area contributed by atoms with E-state index in [-0.39, 0.29) is 0 Å². The van der Waals surface area contributed by atoms with Crippen LogP contribution in [0.25, 0.3) is 5.69 Å². The Bertz CT molecular complexity index is 1340. The van der Waals surface area contributed by atoms with Gasteiger partial charge in [0.05, 0.1) is 11.9 Å². The molecular formula is C30H30N4OS. The van der Waals surface area contributed by atoms with Crippen molar-refractivity contribution in [1.82, 2.24) is 19.7 Å². The summed E-state index contributed by atoms with van der Waals surface area (Å²) in [4.78, 5) is 4.30. The highest BCUT2D eigenvalue weighted by atomic mass is 32.2. The van der Waals surface area contributed by atoms with Crippen LogP contribution in [-0.2, 0) is 13.0 Å². The minimum Gasteiger partial charge on any atom is -0.486 e. The van der Waals surface area contributed by atoms with Crippen molar-refractivity contribution in [1.29, 1.82) is 0 Å². The second-order valence-corrected chi connectivity index (χ2v) is 10.3. The zero-order chi connectivity index (χ0) is 24.6. The maximum atomic E-state index is 6.16. The first-order valence-corrected chi connectivity index (χ1v) is 13.4. The van der Waals surface area contributed by atoms with Gasteiger partial charge < -0.3 is 4.74 Å². The lowest BCUT2D eigenvalue weighted by Crippen LogP contribution is -2.08. The average Bonchev–Trinajstić information content (AvgIpc) is 3.58. The molecule has 182 valence electrons. The number of hydrogen-bond acceptors (Lipinski definition) is 5. The standard InChI is InChI=1S/C30H30N4OS/c1-23-20-27(18-17-25(23)13-6-5-12-24-10-3-2-4-11-24)35-22-29-32-33-30(36-28-15-7-8-16-28)34(29)26-14-9-19-31-21-26/h2-4,9-11,14,17-21,28H,5,7-8,12,15-16,22H2,1H3. The van der Waals surface area contributed by atoms with Crippen molar-refractivity contribution >= 4 is 11.8 Å². The largest absolute Gasteiger partial charge is 0.486 e. The van der Waals surface area contributed by atoms with Gasteiger partial charge in [-0.3, -0.25) is 9.55 Å². The number of pyridine rings is 1. The highest BCUT2D eigenvalue weighted by Crippen LogP contribution is 2.35. The fraction of sp³-hybridized carbons (Fsp3) is 0.300. The molecule has 1 fully saturated rings. The molecule has 1 aliphatic carbocycles. The molecule has 0 unspecified atom stereocenters. The van der Waals surface area contributed by atoms with E-state index in [1.54, 1.807) is 6.20 Å². The Morgan fingerprint density at radius 1 is 1.03 bits per heavy atom. The lowest BCUT2D eigenvalue weighted by atomic mass is 10.1. The van der Waals surface area contributed by atoms with Crippen molar-refractivity contribution in [3.05, 3.63) is 95.6 Å². The fourth-order valence-electron chi connectivity index (χ4n) is 4.39. The SMILES string of the molecule is Cc1cc(OCc2nnc(SC3CCCC3)n2-c2cccnc2)ccc1C#CCCc1ccccc1. The third-order valence-corrected chi connectivity index (χ3v) is 7.63. The van der Waals surface area contributed by atoms with Gasteiger partial charge in [0.15, 0.2) is 11.0 Å². The van der Waals surface area contributed by atoms with Crippen molar-refractivity contribution < 1.29 is 4.74 Å². The van der Waals surface area contributed by atoms with Gasteiger partial charge in [-0.15, -0.1) is 10.2 Å². The lowest BCUT2D eigenvalue weighted by Gasteiger charge is -2.13. The van der Waals surface area contributed by atoms with Gasteiger partial charge in [-0.2, -0.15) is 0 Å². The Morgan fingerprint density at radius 3 is 2.67 bits per heavy atom. The molecule has 0 amide bonds. The summed E-state index contributed by atoms with van der Waals surface area (Å²) in [5, 5.41) is 10.5. The van der Waals surface area contributed by atoms with Crippen LogP contribution in [0.1, 0.15) is 54.6 Å². The number of aromatic nitrogens is 4. The van der Waals surface area contributed by atoms with Gasteiger partial charge in [0.25, 0.3) is 0 Å². The van der Waals surface area contributed by atoms with Crippen molar-refractivity contribution in [2.24, 2.45) is 0 Å². The summed E-state index contributed by atoms with van der Waals surface area (Å²) in [6.07, 6.45) is 10.5. The summed E-state index contributed by atoms with van der Waals surface area (Å²) in [6, 6.07) is 20.5. The molecule has 0 radical (unpaired) electrons. The molecule has 4 aromatic rings. The lowest BCUT2D eigenvalue weighted by molar-refractivity contribution is 0.292. The molecule has 6 heteroatoms. The first kappa shape index (κ1) is 24.1. The van der Waals surface area contributed by atoms with Crippen molar-refractivity contribution in [3.8, 4) is 23.3 Å². The molecule has 0 saturated heterocycles. The minimum absolute atomic E-state index is 0.328. The Hall–Kier alpha value is -3.56. The number of rotatable bonds is 8. The van der Waals surface area contributed by atoms with E-state index in [9.17, 15) is 0 Å². The van der Waals surface area contributed by atoms with Gasteiger partial charge >= 0.3 is 0 Å². The maximum absolute atomic E-state index is 6.16. The van der Waals surface area contributed by atoms with Crippen molar-refractivity contribution in [2.45, 2.75) is 62.5 Å². The molecule has 36 heavy (non-hydrogen) atoms. The quantitative estimate of drug-likeness (QED) is 0.259. The summed E-state index contributed by atoms with van der Waals surface area (Å²) in [6.45, 7) is 2.40. The van der Waals surface area contributed by atoms with Crippen LogP contribution in [0.4, 0.5) is 0 Å². The third-order valence-electron chi connectivity index (χ3n) is 6.35. The highest BCUT2D eigenvalue weighted by Gasteiger charge is 2.22. The topological polar surface area (TPSA) is 52.8 Å². The monoisotopic (exact) mass is 494 g/mol. The molecule has 0 atom stereocenters. The number of ether oxygens (including phenoxy) is 1. The van der Waals surface area contributed by atoms with E-state index >= 15 is 0 Å². The summed E-state index contributed by atoms with van der Waals surface area (Å²) < 4.78 is 8.23. The average molecular weight is 495 g/mol. The molecule has 1 saturated carbocycles. The van der Waals surface area contributed by atoms with E-state index in [0.717, 1.165) is 46.4 Å². The van der Waals surface area contributed by atoms with E-state index < -0.39 is 0 Å². The number of thioether (sulfide) groups is 1. The van der Waals surface area contributed by atoms with E-state index in [4.69, 9.17) is 4.74 Å². The van der Waals surface area contributed by atoms with Crippen LogP contribution < -0.4 is 4.74 Å². The summed E-state index contributed by atoms with van der Waals surface area (Å²) in [7, 11) is 0. The third kappa shape index (κ3) is 6.16. The molecule has 0 bridgehead atoms. The van der Waals surface area contributed by atoms with Gasteiger partial charge in [-0.05, 0) is 67.6 Å². The molecule has 0 spiro atoms. The van der Waals surface area contributed by atoms with Crippen LogP contribution >= 0.6 is 11.8 Å². The van der Waals surface area contributed by atoms with Gasteiger partial charge in [-0.1, -0.05) is 66.8 Å². The maximum Gasteiger partial charge on any atom is 0.196 e. The summed E-state index contributed by atoms with van der Waals surface area (Å²) in [5.74, 6) is 8.18. The number of nitrogens with zero attached hydrogens (tertiary/aromatic N) is 4. The molecule has 1 aliphatic rings. The van der Waals surface area contributed by atoms with Crippen LogP contribution in [-0.4, -0.2) is 25.0 Å². The normalized spacial score (nSPS) is 13.4. The molecule has 2 aromatic heterocycles. The van der Waals surface area contributed by atoms with Crippen LogP contribution in [0.5, 0.6) is 5.75 Å². The second kappa shape index (κ2) is 11.9. The summed E-state index contributed by atoms with van der Waals surface area (Å²) >= 11 is 1.82. The molecule has 2 aromatic carbocycles. The predicted octanol–water partition coefficient (Wildman–Crippen LogP) is 6.57. The minimum atomic E-state index is 0.328. The molecular weight excluding hydrogens is 464 g/mol. The van der Waals surface area contributed by atoms with Crippen LogP contribution in [0.3, 0.4) is 0 Å². The zero-order valence-corrected chi connectivity index (χ0v) is 21.4. The van der Waals surface area contributed by atoms with Gasteiger partial charge in [0.1, 0.15) is 12.4 Å². The van der Waals surface area contributed by atoms with Gasteiger partial charge in [0, 0.05) is 23.4 Å². The molecule has 5 nitrogen and oxygen atoms in total. The fourth-order valence-corrected chi connectivity index (χ4v) is 5.67. The highest BCUT2D eigenvalue weighted by molar-refractivity contribution is 7.99. The van der Waals surface area contributed by atoms with Gasteiger partial charge in [0.2, 0.25) is 0 Å². The van der Waals surface area contributed by atoms with Crippen LogP contribution in [0.2, 0.25) is 0 Å². The smallest absolute Gasteiger partial charge is 0.196 e. The van der Waals surface area contributed by atoms with Crippen molar-refractivity contribution in [3.63, 3.8) is 0 Å². The Balaban J connectivity index is 1.25. The predicted molar refractivity (Wildman–Crippen MR) is 144 cm³/mol. The second-order valence-electron chi connectivity index (χ2n) is 9.02. The Kier molecular flexibility index (Phi) is 7.99. The van der Waals surface area contributed by atoms with E-state index in [2.05, 4.69) is 62.8 Å². The molecule has 0 aliphatic heterocycles. The molecule has 5 rings (SSSR count). The van der Waals surface area contributed by atoms with Gasteiger partial charge in [-0.25, -0.2) is 0 Å². The van der Waals surface area contributed by atoms with E-state index in [1.165, 1.54) is 31.2 Å². The number of aryl methyl sites for hydroxylation is 2. The number of hydrogen-bond donors (Lipinski definition) is 0. The van der Waals surface area contributed by atoms with Crippen LogP contribution in [0, 0.1) is 18.8 Å².